The molecule has 0 spiro atoms. The summed E-state index contributed by atoms with van der Waals surface area (Å²) in [4.78, 5) is 18.2. The van der Waals surface area contributed by atoms with Gasteiger partial charge >= 0.3 is 0 Å². The van der Waals surface area contributed by atoms with Crippen LogP contribution in [0, 0.1) is 0 Å². The second-order valence-electron chi connectivity index (χ2n) is 6.74. The topological polar surface area (TPSA) is 66.0 Å². The minimum Gasteiger partial charge on any atom is -0.496 e. The summed E-state index contributed by atoms with van der Waals surface area (Å²) < 4.78 is 6.41. The van der Waals surface area contributed by atoms with E-state index in [-0.39, 0.29) is 12.5 Å². The molecule has 1 aliphatic rings. The Balaban J connectivity index is 2.09. The van der Waals surface area contributed by atoms with Gasteiger partial charge in [-0.2, -0.15) is 0 Å². The van der Waals surface area contributed by atoms with Crippen LogP contribution in [0.2, 0.25) is 0 Å². The molecular weight excluding hydrogens is 396 g/mol. The summed E-state index contributed by atoms with van der Waals surface area (Å²) in [5, 5.41) is 6.65. The third-order valence-corrected chi connectivity index (χ3v) is 5.00. The van der Waals surface area contributed by atoms with Crippen LogP contribution in [0.1, 0.15) is 37.7 Å². The Bertz CT molecular complexity index is 628. The number of aliphatic imine (C=N–C) groups is 1. The average Bonchev–Trinajstić information content (AvgIpc) is 2.64. The Morgan fingerprint density at radius 1 is 1.31 bits per heavy atom. The van der Waals surface area contributed by atoms with E-state index in [9.17, 15) is 4.79 Å². The van der Waals surface area contributed by atoms with Gasteiger partial charge in [0, 0.05) is 30.2 Å². The first kappa shape index (κ1) is 20.6. The quantitative estimate of drug-likeness (QED) is 0.544. The molecule has 0 aliphatic heterocycles. The minimum absolute atomic E-state index is 0.0168. The van der Waals surface area contributed by atoms with Crippen LogP contribution in [0.5, 0.6) is 5.75 Å². The van der Waals surface area contributed by atoms with E-state index < -0.39 is 0 Å². The summed E-state index contributed by atoms with van der Waals surface area (Å²) in [5.74, 6) is 1.50. The highest BCUT2D eigenvalue weighted by Gasteiger charge is 2.15. The Morgan fingerprint density at radius 3 is 2.69 bits per heavy atom. The maximum absolute atomic E-state index is 11.9. The predicted molar refractivity (Wildman–Crippen MR) is 109 cm³/mol. The maximum atomic E-state index is 11.9. The van der Waals surface area contributed by atoms with Gasteiger partial charge in [-0.25, -0.2) is 4.99 Å². The van der Waals surface area contributed by atoms with Crippen molar-refractivity contribution < 1.29 is 9.53 Å². The third-order valence-electron chi connectivity index (χ3n) is 4.50. The molecule has 2 N–H and O–H groups in total. The van der Waals surface area contributed by atoms with Crippen molar-refractivity contribution in [1.82, 2.24) is 15.5 Å². The molecule has 0 bridgehead atoms. The smallest absolute Gasteiger partial charge is 0.241 e. The normalized spacial score (nSPS) is 15.5. The lowest BCUT2D eigenvalue weighted by Gasteiger charge is -2.25. The maximum Gasteiger partial charge on any atom is 0.241 e. The lowest BCUT2D eigenvalue weighted by Crippen LogP contribution is -2.47. The van der Waals surface area contributed by atoms with Gasteiger partial charge in [-0.15, -0.1) is 0 Å². The summed E-state index contributed by atoms with van der Waals surface area (Å²) in [7, 11) is 5.16. The van der Waals surface area contributed by atoms with E-state index in [2.05, 4.69) is 26.6 Å². The highest BCUT2D eigenvalue weighted by atomic mass is 79.9. The predicted octanol–water partition coefficient (Wildman–Crippen LogP) is 2.91. The molecule has 1 fully saturated rings. The number of ether oxygens (including phenoxy) is 1. The highest BCUT2D eigenvalue weighted by Crippen LogP contribution is 2.23. The number of hydrogen-bond donors (Lipinski definition) is 2. The zero-order valence-electron chi connectivity index (χ0n) is 15.8. The number of halogens is 1. The van der Waals surface area contributed by atoms with Crippen LogP contribution in [0.25, 0.3) is 0 Å². The zero-order chi connectivity index (χ0) is 18.9. The summed E-state index contributed by atoms with van der Waals surface area (Å²) in [6.45, 7) is 0.696. The Labute approximate surface area is 164 Å². The number of amides is 1. The number of nitrogens with zero attached hydrogens (tertiary/aromatic N) is 2. The van der Waals surface area contributed by atoms with Gasteiger partial charge in [0.25, 0.3) is 0 Å². The van der Waals surface area contributed by atoms with Crippen LogP contribution in [0.3, 0.4) is 0 Å². The van der Waals surface area contributed by atoms with Crippen LogP contribution < -0.4 is 15.4 Å². The molecule has 0 atom stereocenters. The largest absolute Gasteiger partial charge is 0.496 e. The first-order valence-corrected chi connectivity index (χ1v) is 9.86. The molecule has 0 aromatic heterocycles. The molecule has 1 amide bonds. The number of benzene rings is 1. The number of nitrogens with one attached hydrogen (secondary N) is 2. The van der Waals surface area contributed by atoms with Crippen molar-refractivity contribution in [3.63, 3.8) is 0 Å². The van der Waals surface area contributed by atoms with Crippen LogP contribution in [-0.4, -0.2) is 50.6 Å². The molecular formula is C19H29BrN4O2. The molecule has 144 valence electrons. The SMILES string of the molecule is COc1ccc(Br)cc1CN=C(NCC(=O)N(C)C)NC1CCCCC1. The van der Waals surface area contributed by atoms with Crippen molar-refractivity contribution in [2.75, 3.05) is 27.7 Å². The van der Waals surface area contributed by atoms with Crippen molar-refractivity contribution in [1.29, 1.82) is 0 Å². The second-order valence-corrected chi connectivity index (χ2v) is 7.66. The van der Waals surface area contributed by atoms with Crippen molar-refractivity contribution in [3.05, 3.63) is 28.2 Å². The van der Waals surface area contributed by atoms with E-state index in [1.807, 2.05) is 18.2 Å². The van der Waals surface area contributed by atoms with Gasteiger partial charge < -0.3 is 20.3 Å². The number of likely N-dealkylation sites (N-methyl/N-ethyl adjacent to an activating group) is 1. The first-order chi connectivity index (χ1) is 12.5. The molecule has 0 heterocycles. The fourth-order valence-electron chi connectivity index (χ4n) is 2.95. The van der Waals surface area contributed by atoms with Crippen molar-refractivity contribution >= 4 is 27.8 Å². The lowest BCUT2D eigenvalue weighted by molar-refractivity contribution is -0.127. The molecule has 26 heavy (non-hydrogen) atoms. The summed E-state index contributed by atoms with van der Waals surface area (Å²) in [5.41, 5.74) is 0.991. The van der Waals surface area contributed by atoms with E-state index in [0.717, 1.165) is 28.6 Å². The molecule has 7 heteroatoms. The number of methoxy groups -OCH3 is 1. The standard InChI is InChI=1S/C19H29BrN4O2/c1-24(2)18(25)13-22-19(23-16-7-5-4-6-8-16)21-12-14-11-15(20)9-10-17(14)26-3/h9-11,16H,4-8,12-13H2,1-3H3,(H2,21,22,23). The number of rotatable bonds is 6. The van der Waals surface area contributed by atoms with Gasteiger partial charge in [-0.3, -0.25) is 4.79 Å². The van der Waals surface area contributed by atoms with Crippen molar-refractivity contribution in [3.8, 4) is 5.75 Å². The van der Waals surface area contributed by atoms with E-state index in [0.29, 0.717) is 18.5 Å². The number of hydrogen-bond acceptors (Lipinski definition) is 3. The molecule has 0 unspecified atom stereocenters. The Hall–Kier alpha value is -1.76. The van der Waals surface area contributed by atoms with Crippen LogP contribution in [0.4, 0.5) is 0 Å². The van der Waals surface area contributed by atoms with E-state index in [1.165, 1.54) is 19.3 Å². The van der Waals surface area contributed by atoms with Gasteiger partial charge in [0.05, 0.1) is 20.2 Å². The number of carbonyl (C=O) groups excluding carboxylic acids is 1. The van der Waals surface area contributed by atoms with E-state index >= 15 is 0 Å². The molecule has 0 saturated heterocycles. The Morgan fingerprint density at radius 2 is 2.04 bits per heavy atom. The van der Waals surface area contributed by atoms with E-state index in [1.54, 1.807) is 26.1 Å². The van der Waals surface area contributed by atoms with Gasteiger partial charge in [-0.05, 0) is 31.0 Å². The van der Waals surface area contributed by atoms with Crippen LogP contribution >= 0.6 is 15.9 Å². The third kappa shape index (κ3) is 6.52. The minimum atomic E-state index is 0.0168. The monoisotopic (exact) mass is 424 g/mol. The average molecular weight is 425 g/mol. The van der Waals surface area contributed by atoms with Crippen molar-refractivity contribution in [2.45, 2.75) is 44.7 Å². The molecule has 0 radical (unpaired) electrons. The van der Waals surface area contributed by atoms with Crippen LogP contribution in [-0.2, 0) is 11.3 Å². The van der Waals surface area contributed by atoms with E-state index in [4.69, 9.17) is 9.73 Å². The molecule has 1 saturated carbocycles. The molecule has 1 aromatic carbocycles. The van der Waals surface area contributed by atoms with Gasteiger partial charge in [0.15, 0.2) is 5.96 Å². The highest BCUT2D eigenvalue weighted by molar-refractivity contribution is 9.10. The van der Waals surface area contributed by atoms with Gasteiger partial charge in [-0.1, -0.05) is 35.2 Å². The summed E-state index contributed by atoms with van der Waals surface area (Å²) >= 11 is 3.49. The second kappa shape index (κ2) is 10.4. The molecule has 2 rings (SSSR count). The summed E-state index contributed by atoms with van der Waals surface area (Å²) in [6, 6.07) is 6.28. The fraction of sp³-hybridized carbons (Fsp3) is 0.579. The fourth-order valence-corrected chi connectivity index (χ4v) is 3.35. The van der Waals surface area contributed by atoms with Gasteiger partial charge in [0.2, 0.25) is 5.91 Å². The lowest BCUT2D eigenvalue weighted by atomic mass is 9.96. The summed E-state index contributed by atoms with van der Waals surface area (Å²) in [6.07, 6.45) is 6.06. The Kier molecular flexibility index (Phi) is 8.22. The zero-order valence-corrected chi connectivity index (χ0v) is 17.4. The first-order valence-electron chi connectivity index (χ1n) is 9.07. The van der Waals surface area contributed by atoms with Crippen molar-refractivity contribution in [2.24, 2.45) is 4.99 Å². The number of carbonyl (C=O) groups is 1. The molecule has 1 aliphatic carbocycles. The number of guanidine groups is 1. The molecule has 6 nitrogen and oxygen atoms in total. The van der Waals surface area contributed by atoms with Gasteiger partial charge in [0.1, 0.15) is 5.75 Å². The van der Waals surface area contributed by atoms with Crippen LogP contribution in [0.15, 0.2) is 27.7 Å². The molecule has 1 aromatic rings.